The summed E-state index contributed by atoms with van der Waals surface area (Å²) in [6.45, 7) is 6.00. The second kappa shape index (κ2) is 7.53. The van der Waals surface area contributed by atoms with Crippen LogP contribution in [0.15, 0.2) is 16.8 Å². The minimum Gasteiger partial charge on any atom is -0.461 e. The molecule has 13 heavy (non-hydrogen) atoms. The van der Waals surface area contributed by atoms with Gasteiger partial charge in [-0.05, 0) is 20.3 Å². The van der Waals surface area contributed by atoms with Crippen LogP contribution < -0.4 is 0 Å². The third kappa shape index (κ3) is 5.17. The summed E-state index contributed by atoms with van der Waals surface area (Å²) in [5, 5.41) is 0. The van der Waals surface area contributed by atoms with E-state index in [1.165, 1.54) is 0 Å². The molecule has 0 spiro atoms. The van der Waals surface area contributed by atoms with Gasteiger partial charge in [0, 0.05) is 6.21 Å². The number of carbonyl (C=O) groups is 1. The predicted octanol–water partition coefficient (Wildman–Crippen LogP) is 2.32. The molecule has 0 bridgehead atoms. The van der Waals surface area contributed by atoms with E-state index in [1.54, 1.807) is 26.1 Å². The van der Waals surface area contributed by atoms with E-state index in [1.807, 2.05) is 0 Å². The molecule has 0 atom stereocenters. The highest BCUT2D eigenvalue weighted by atomic mass is 16.5. The molecular weight excluding hydrogens is 166 g/mol. The fourth-order valence-electron chi connectivity index (χ4n) is 0.814. The van der Waals surface area contributed by atoms with E-state index in [4.69, 9.17) is 4.74 Å². The van der Waals surface area contributed by atoms with Crippen molar-refractivity contribution < 1.29 is 9.53 Å². The van der Waals surface area contributed by atoms with Crippen LogP contribution in [0.2, 0.25) is 0 Å². The van der Waals surface area contributed by atoms with Crippen molar-refractivity contribution in [2.24, 2.45) is 4.99 Å². The Bertz CT molecular complexity index is 207. The highest BCUT2D eigenvalue weighted by molar-refractivity contribution is 5.89. The Morgan fingerprint density at radius 3 is 2.62 bits per heavy atom. The van der Waals surface area contributed by atoms with Crippen LogP contribution in [0.1, 0.15) is 33.6 Å². The van der Waals surface area contributed by atoms with Crippen LogP contribution in [0.3, 0.4) is 0 Å². The zero-order valence-electron chi connectivity index (χ0n) is 8.54. The maximum absolute atomic E-state index is 11.2. The van der Waals surface area contributed by atoms with Crippen LogP contribution in [0.25, 0.3) is 0 Å². The molecule has 0 aliphatic carbocycles. The number of ether oxygens (including phenoxy) is 1. The van der Waals surface area contributed by atoms with Gasteiger partial charge in [0.25, 0.3) is 0 Å². The molecule has 0 rings (SSSR count). The van der Waals surface area contributed by atoms with Gasteiger partial charge in [0.2, 0.25) is 0 Å². The lowest BCUT2D eigenvalue weighted by molar-refractivity contribution is -0.138. The van der Waals surface area contributed by atoms with Gasteiger partial charge < -0.3 is 4.74 Å². The summed E-state index contributed by atoms with van der Waals surface area (Å²) in [5.41, 5.74) is 0.409. The molecule has 0 aromatic carbocycles. The summed E-state index contributed by atoms with van der Waals surface area (Å²) in [6.07, 6.45) is 5.25. The van der Waals surface area contributed by atoms with Gasteiger partial charge in [0.15, 0.2) is 0 Å². The summed E-state index contributed by atoms with van der Waals surface area (Å²) in [4.78, 5) is 15.2. The molecular formula is C10H17NO2. The first-order valence-electron chi connectivity index (χ1n) is 4.62. The zero-order chi connectivity index (χ0) is 10.1. The van der Waals surface area contributed by atoms with Crippen molar-refractivity contribution in [2.45, 2.75) is 33.6 Å². The Morgan fingerprint density at radius 1 is 1.46 bits per heavy atom. The van der Waals surface area contributed by atoms with Crippen molar-refractivity contribution in [1.82, 2.24) is 0 Å². The van der Waals surface area contributed by atoms with E-state index < -0.39 is 0 Å². The molecule has 0 unspecified atom stereocenters. The lowest BCUT2D eigenvalue weighted by Crippen LogP contribution is -2.06. The largest absolute Gasteiger partial charge is 0.461 e. The summed E-state index contributed by atoms with van der Waals surface area (Å²) in [5.74, 6) is -0.339. The van der Waals surface area contributed by atoms with Gasteiger partial charge in [-0.3, -0.25) is 4.99 Å². The summed E-state index contributed by atoms with van der Waals surface area (Å²) < 4.78 is 4.83. The molecule has 0 aromatic heterocycles. The van der Waals surface area contributed by atoms with Crippen LogP contribution in [0.5, 0.6) is 0 Å². The van der Waals surface area contributed by atoms with Crippen LogP contribution in [-0.4, -0.2) is 18.8 Å². The lowest BCUT2D eigenvalue weighted by Gasteiger charge is -2.00. The van der Waals surface area contributed by atoms with Crippen molar-refractivity contribution in [2.75, 3.05) is 6.61 Å². The Hall–Kier alpha value is -1.12. The second-order valence-electron chi connectivity index (χ2n) is 2.49. The van der Waals surface area contributed by atoms with Crippen LogP contribution >= 0.6 is 0 Å². The van der Waals surface area contributed by atoms with Crippen molar-refractivity contribution in [3.63, 3.8) is 0 Å². The summed E-state index contributed by atoms with van der Waals surface area (Å²) in [6, 6.07) is 0. The lowest BCUT2D eigenvalue weighted by atomic mass is 10.3. The normalized spacial score (nSPS) is 12.1. The van der Waals surface area contributed by atoms with Crippen molar-refractivity contribution in [3.05, 3.63) is 11.8 Å². The smallest absolute Gasteiger partial charge is 0.356 e. The molecule has 0 aromatic rings. The maximum atomic E-state index is 11.2. The van der Waals surface area contributed by atoms with Crippen molar-refractivity contribution in [1.29, 1.82) is 0 Å². The van der Waals surface area contributed by atoms with Gasteiger partial charge in [-0.2, -0.15) is 0 Å². The molecule has 0 aliphatic rings. The molecule has 0 N–H and O–H groups in total. The summed E-state index contributed by atoms with van der Waals surface area (Å²) >= 11 is 0. The third-order valence-corrected chi connectivity index (χ3v) is 1.38. The van der Waals surface area contributed by atoms with Gasteiger partial charge in [-0.1, -0.05) is 19.4 Å². The van der Waals surface area contributed by atoms with Crippen molar-refractivity contribution >= 4 is 12.2 Å². The van der Waals surface area contributed by atoms with Gasteiger partial charge in [0.05, 0.1) is 6.61 Å². The first-order valence-corrected chi connectivity index (χ1v) is 4.62. The Balaban J connectivity index is 4.31. The zero-order valence-corrected chi connectivity index (χ0v) is 8.54. The number of hydrogen-bond donors (Lipinski definition) is 0. The Kier molecular flexibility index (Phi) is 6.88. The summed E-state index contributed by atoms with van der Waals surface area (Å²) in [7, 11) is 0. The van der Waals surface area contributed by atoms with Crippen LogP contribution in [0, 0.1) is 0 Å². The van der Waals surface area contributed by atoms with Gasteiger partial charge in [0.1, 0.15) is 5.70 Å². The topological polar surface area (TPSA) is 38.7 Å². The molecule has 3 heteroatoms. The second-order valence-corrected chi connectivity index (χ2v) is 2.49. The minimum absolute atomic E-state index is 0.339. The fraction of sp³-hybridized carbons (Fsp3) is 0.600. The molecule has 0 fully saturated rings. The minimum atomic E-state index is -0.339. The first-order chi connectivity index (χ1) is 6.26. The average Bonchev–Trinajstić information content (AvgIpc) is 2.12. The van der Waals surface area contributed by atoms with Crippen LogP contribution in [0.4, 0.5) is 0 Å². The number of aliphatic imine (C=N–C) groups is 1. The van der Waals surface area contributed by atoms with E-state index in [9.17, 15) is 4.79 Å². The number of esters is 1. The van der Waals surface area contributed by atoms with E-state index >= 15 is 0 Å². The number of nitrogens with zero attached hydrogens (tertiary/aromatic N) is 1. The van der Waals surface area contributed by atoms with Gasteiger partial charge in [-0.15, -0.1) is 0 Å². The Labute approximate surface area is 79.5 Å². The monoisotopic (exact) mass is 183 g/mol. The van der Waals surface area contributed by atoms with E-state index in [0.717, 1.165) is 12.8 Å². The fourth-order valence-corrected chi connectivity index (χ4v) is 0.814. The first kappa shape index (κ1) is 11.9. The molecule has 0 radical (unpaired) electrons. The predicted molar refractivity (Wildman–Crippen MR) is 53.8 cm³/mol. The van der Waals surface area contributed by atoms with Gasteiger partial charge in [-0.25, -0.2) is 4.79 Å². The number of hydrogen-bond acceptors (Lipinski definition) is 3. The number of unbranched alkanes of at least 4 members (excludes halogenated alkanes) is 1. The SMILES string of the molecule is C/C=N\C(=C/CCC)C(=O)OCC. The maximum Gasteiger partial charge on any atom is 0.356 e. The average molecular weight is 183 g/mol. The molecule has 3 nitrogen and oxygen atoms in total. The quantitative estimate of drug-likeness (QED) is 0.373. The Morgan fingerprint density at radius 2 is 2.15 bits per heavy atom. The molecule has 0 saturated carbocycles. The molecule has 74 valence electrons. The number of carbonyl (C=O) groups excluding carboxylic acids is 1. The van der Waals surface area contributed by atoms with Gasteiger partial charge >= 0.3 is 5.97 Å². The number of rotatable bonds is 5. The standard InChI is InChI=1S/C10H17NO2/c1-4-7-8-9(11-5-2)10(12)13-6-3/h5,8H,4,6-7H2,1-3H3/b9-8-,11-5-. The van der Waals surface area contributed by atoms with E-state index in [2.05, 4.69) is 11.9 Å². The highest BCUT2D eigenvalue weighted by Gasteiger charge is 2.06. The van der Waals surface area contributed by atoms with E-state index in [0.29, 0.717) is 12.3 Å². The third-order valence-electron chi connectivity index (χ3n) is 1.38. The molecule has 0 heterocycles. The van der Waals surface area contributed by atoms with Crippen molar-refractivity contribution in [3.8, 4) is 0 Å². The van der Waals surface area contributed by atoms with Crippen LogP contribution in [-0.2, 0) is 9.53 Å². The number of allylic oxidation sites excluding steroid dienone is 1. The molecule has 0 amide bonds. The molecule has 0 aliphatic heterocycles. The molecule has 0 saturated heterocycles. The highest BCUT2D eigenvalue weighted by Crippen LogP contribution is 2.03. The van der Waals surface area contributed by atoms with E-state index in [-0.39, 0.29) is 5.97 Å².